The molecule has 3 fully saturated rings. The Hall–Kier alpha value is -1.35. The van der Waals surface area contributed by atoms with Crippen molar-refractivity contribution in [1.29, 1.82) is 0 Å². The third-order valence-corrected chi connectivity index (χ3v) is 6.18. The van der Waals surface area contributed by atoms with Crippen LogP contribution in [0, 0.1) is 17.8 Å². The second kappa shape index (κ2) is 4.33. The van der Waals surface area contributed by atoms with E-state index in [9.17, 15) is 5.11 Å². The molecule has 2 aromatic rings. The van der Waals surface area contributed by atoms with Gasteiger partial charge in [-0.1, -0.05) is 6.42 Å². The van der Waals surface area contributed by atoms with Gasteiger partial charge in [0.05, 0.1) is 24.1 Å². The summed E-state index contributed by atoms with van der Waals surface area (Å²) in [5.74, 6) is 2.78. The number of rotatable bonds is 3. The van der Waals surface area contributed by atoms with E-state index in [4.69, 9.17) is 0 Å². The lowest BCUT2D eigenvalue weighted by atomic mass is 9.80. The minimum atomic E-state index is -0.295. The van der Waals surface area contributed by atoms with Crippen LogP contribution in [-0.2, 0) is 0 Å². The molecule has 0 spiro atoms. The predicted octanol–water partition coefficient (Wildman–Crippen LogP) is 3.68. The predicted molar refractivity (Wildman–Crippen MR) is 81.1 cm³/mol. The van der Waals surface area contributed by atoms with Gasteiger partial charge in [-0.15, -0.1) is 0 Å². The van der Waals surface area contributed by atoms with Crippen molar-refractivity contribution >= 4 is 5.52 Å². The fraction of sp³-hybridized carbons (Fsp3) is 0.611. The maximum atomic E-state index is 11.2. The molecule has 0 aromatic carbocycles. The van der Waals surface area contributed by atoms with Crippen molar-refractivity contribution in [3.63, 3.8) is 0 Å². The van der Waals surface area contributed by atoms with Gasteiger partial charge in [0.2, 0.25) is 0 Å². The van der Waals surface area contributed by atoms with Crippen molar-refractivity contribution in [3.05, 3.63) is 35.9 Å². The summed E-state index contributed by atoms with van der Waals surface area (Å²) in [4.78, 5) is 4.29. The lowest BCUT2D eigenvalue weighted by Gasteiger charge is -2.29. The first kappa shape index (κ1) is 12.2. The molecule has 2 unspecified atom stereocenters. The molecule has 3 aliphatic carbocycles. The van der Waals surface area contributed by atoms with Gasteiger partial charge in [-0.05, 0) is 67.4 Å². The Kier molecular flexibility index (Phi) is 2.52. The van der Waals surface area contributed by atoms with Crippen LogP contribution in [0.2, 0.25) is 0 Å². The summed E-state index contributed by atoms with van der Waals surface area (Å²) in [7, 11) is 0. The SMILES string of the molecule is O[C@H](c1c(C2CC2)ccn2cncc12)C1CC2CC[C@H]1C2. The van der Waals surface area contributed by atoms with Crippen molar-refractivity contribution in [1.82, 2.24) is 9.38 Å². The van der Waals surface area contributed by atoms with Crippen molar-refractivity contribution < 1.29 is 5.11 Å². The van der Waals surface area contributed by atoms with Crippen molar-refractivity contribution in [2.24, 2.45) is 17.8 Å². The smallest absolute Gasteiger partial charge is 0.0992 e. The Morgan fingerprint density at radius 3 is 2.81 bits per heavy atom. The number of pyridine rings is 1. The molecule has 2 bridgehead atoms. The Balaban J connectivity index is 1.61. The van der Waals surface area contributed by atoms with E-state index in [0.717, 1.165) is 17.4 Å². The molecule has 0 radical (unpaired) electrons. The molecule has 3 saturated carbocycles. The van der Waals surface area contributed by atoms with E-state index >= 15 is 0 Å². The molecule has 21 heavy (non-hydrogen) atoms. The molecule has 3 nitrogen and oxygen atoms in total. The summed E-state index contributed by atoms with van der Waals surface area (Å²) in [5, 5.41) is 11.2. The van der Waals surface area contributed by atoms with Crippen LogP contribution < -0.4 is 0 Å². The average molecular weight is 282 g/mol. The van der Waals surface area contributed by atoms with Gasteiger partial charge < -0.3 is 9.51 Å². The molecule has 0 amide bonds. The third kappa shape index (κ3) is 1.80. The number of aliphatic hydroxyl groups excluding tert-OH is 1. The fourth-order valence-corrected chi connectivity index (χ4v) is 5.00. The van der Waals surface area contributed by atoms with Crippen LogP contribution in [0.4, 0.5) is 0 Å². The Labute approximate surface area is 125 Å². The first-order valence-electron chi connectivity index (χ1n) is 8.44. The minimum absolute atomic E-state index is 0.295. The van der Waals surface area contributed by atoms with Gasteiger partial charge in [-0.25, -0.2) is 4.98 Å². The van der Waals surface area contributed by atoms with E-state index in [1.807, 2.05) is 12.5 Å². The van der Waals surface area contributed by atoms with Gasteiger partial charge in [0.25, 0.3) is 0 Å². The molecule has 2 aromatic heterocycles. The Bertz CT molecular complexity index is 688. The topological polar surface area (TPSA) is 37.5 Å². The molecule has 4 atom stereocenters. The number of nitrogens with zero attached hydrogens (tertiary/aromatic N) is 2. The zero-order valence-electron chi connectivity index (χ0n) is 12.3. The van der Waals surface area contributed by atoms with E-state index in [-0.39, 0.29) is 6.10 Å². The van der Waals surface area contributed by atoms with Crippen LogP contribution in [-0.4, -0.2) is 14.5 Å². The van der Waals surface area contributed by atoms with Crippen LogP contribution >= 0.6 is 0 Å². The van der Waals surface area contributed by atoms with Crippen molar-refractivity contribution in [3.8, 4) is 0 Å². The van der Waals surface area contributed by atoms with E-state index in [1.54, 1.807) is 0 Å². The standard InChI is InChI=1S/C18H22N2O/c21-18(15-8-11-1-2-13(15)7-11)17-14(12-3-4-12)5-6-20-10-19-9-16(17)20/h5-6,9-13,15,18,21H,1-4,7-8H2/t11?,13-,15?,18-/m0/s1. The van der Waals surface area contributed by atoms with E-state index in [0.29, 0.717) is 11.8 Å². The summed E-state index contributed by atoms with van der Waals surface area (Å²) in [5.41, 5.74) is 3.70. The van der Waals surface area contributed by atoms with Crippen LogP contribution in [0.5, 0.6) is 0 Å². The zero-order valence-corrected chi connectivity index (χ0v) is 12.3. The van der Waals surface area contributed by atoms with Gasteiger partial charge in [0.15, 0.2) is 0 Å². The highest BCUT2D eigenvalue weighted by atomic mass is 16.3. The second-order valence-electron chi connectivity index (χ2n) is 7.43. The van der Waals surface area contributed by atoms with Crippen molar-refractivity contribution in [2.45, 2.75) is 50.5 Å². The van der Waals surface area contributed by atoms with E-state index in [2.05, 4.69) is 21.6 Å². The molecule has 0 aliphatic heterocycles. The Morgan fingerprint density at radius 1 is 1.19 bits per heavy atom. The molecular weight excluding hydrogens is 260 g/mol. The summed E-state index contributed by atoms with van der Waals surface area (Å²) in [6.07, 6.45) is 13.4. The number of imidazole rings is 1. The molecule has 0 saturated heterocycles. The highest BCUT2D eigenvalue weighted by molar-refractivity contribution is 5.59. The Morgan fingerprint density at radius 2 is 2.10 bits per heavy atom. The molecular formula is C18H22N2O. The summed E-state index contributed by atoms with van der Waals surface area (Å²) in [6, 6.07) is 2.22. The number of fused-ring (bicyclic) bond motifs is 3. The first-order valence-corrected chi connectivity index (χ1v) is 8.44. The van der Waals surface area contributed by atoms with Gasteiger partial charge >= 0.3 is 0 Å². The maximum absolute atomic E-state index is 11.2. The molecule has 3 heteroatoms. The molecule has 5 rings (SSSR count). The van der Waals surface area contributed by atoms with E-state index < -0.39 is 0 Å². The van der Waals surface area contributed by atoms with Gasteiger partial charge in [-0.3, -0.25) is 0 Å². The number of hydrogen-bond donors (Lipinski definition) is 1. The summed E-state index contributed by atoms with van der Waals surface area (Å²) < 4.78 is 2.07. The lowest BCUT2D eigenvalue weighted by Crippen LogP contribution is -2.20. The molecule has 3 aliphatic rings. The highest BCUT2D eigenvalue weighted by Gasteiger charge is 2.44. The molecule has 110 valence electrons. The minimum Gasteiger partial charge on any atom is -0.388 e. The first-order chi connectivity index (χ1) is 10.3. The zero-order chi connectivity index (χ0) is 14.0. The monoisotopic (exact) mass is 282 g/mol. The van der Waals surface area contributed by atoms with E-state index in [1.165, 1.54) is 49.7 Å². The molecule has 2 heterocycles. The average Bonchev–Trinajstić information content (AvgIpc) is 2.93. The molecule has 1 N–H and O–H groups in total. The third-order valence-electron chi connectivity index (χ3n) is 6.18. The van der Waals surface area contributed by atoms with Gasteiger partial charge in [0, 0.05) is 11.8 Å². The lowest BCUT2D eigenvalue weighted by molar-refractivity contribution is 0.0747. The highest BCUT2D eigenvalue weighted by Crippen LogP contribution is 2.54. The quantitative estimate of drug-likeness (QED) is 0.932. The number of aromatic nitrogens is 2. The summed E-state index contributed by atoms with van der Waals surface area (Å²) in [6.45, 7) is 0. The number of hydrogen-bond acceptors (Lipinski definition) is 2. The van der Waals surface area contributed by atoms with Crippen LogP contribution in [0.1, 0.15) is 61.7 Å². The van der Waals surface area contributed by atoms with Crippen LogP contribution in [0.25, 0.3) is 5.52 Å². The van der Waals surface area contributed by atoms with Crippen LogP contribution in [0.15, 0.2) is 24.8 Å². The normalized spacial score (nSPS) is 32.9. The maximum Gasteiger partial charge on any atom is 0.0992 e. The fourth-order valence-electron chi connectivity index (χ4n) is 5.00. The van der Waals surface area contributed by atoms with Crippen LogP contribution in [0.3, 0.4) is 0 Å². The summed E-state index contributed by atoms with van der Waals surface area (Å²) >= 11 is 0. The number of aliphatic hydroxyl groups is 1. The second-order valence-corrected chi connectivity index (χ2v) is 7.43. The van der Waals surface area contributed by atoms with Gasteiger partial charge in [0.1, 0.15) is 0 Å². The largest absolute Gasteiger partial charge is 0.388 e. The van der Waals surface area contributed by atoms with Crippen molar-refractivity contribution in [2.75, 3.05) is 0 Å². The van der Waals surface area contributed by atoms with Gasteiger partial charge in [-0.2, -0.15) is 0 Å².